The largest absolute Gasteiger partial charge is 0.495 e. The highest BCUT2D eigenvalue weighted by Crippen LogP contribution is 2.35. The standard InChI is InChI=1S/C22H21F2N5O2/c1-31-19-8-16(11-26-12-19)22(23,24)7-6-21(30)28-13-17-3-4-18(14-28)29(17)20-5-2-15(9-25)10-27-20/h2,5-8,10-12,17-18H,3-4,13-14H2,1H3/b7-6+. The summed E-state index contributed by atoms with van der Waals surface area (Å²) in [5, 5.41) is 8.94. The molecular formula is C22H21F2N5O2. The number of ether oxygens (including phenoxy) is 1. The van der Waals surface area contributed by atoms with Crippen molar-refractivity contribution in [2.75, 3.05) is 25.1 Å². The highest BCUT2D eigenvalue weighted by Gasteiger charge is 2.41. The molecule has 2 aliphatic rings. The molecule has 2 aromatic rings. The van der Waals surface area contributed by atoms with Gasteiger partial charge in [0.1, 0.15) is 17.6 Å². The molecule has 4 heterocycles. The van der Waals surface area contributed by atoms with Crippen LogP contribution in [0.1, 0.15) is 24.0 Å². The van der Waals surface area contributed by atoms with E-state index in [0.29, 0.717) is 24.7 Å². The Morgan fingerprint density at radius 3 is 2.61 bits per heavy atom. The summed E-state index contributed by atoms with van der Waals surface area (Å²) < 4.78 is 34.0. The predicted molar refractivity (Wildman–Crippen MR) is 109 cm³/mol. The number of pyridine rings is 2. The van der Waals surface area contributed by atoms with Crippen LogP contribution in [0.3, 0.4) is 0 Å². The molecular weight excluding hydrogens is 404 g/mol. The summed E-state index contributed by atoms with van der Waals surface area (Å²) in [6.07, 6.45) is 7.27. The van der Waals surface area contributed by atoms with E-state index in [4.69, 9.17) is 10.00 Å². The smallest absolute Gasteiger partial charge is 0.293 e. The van der Waals surface area contributed by atoms with Gasteiger partial charge in [0.2, 0.25) is 5.91 Å². The highest BCUT2D eigenvalue weighted by atomic mass is 19.3. The van der Waals surface area contributed by atoms with Gasteiger partial charge in [0.25, 0.3) is 5.92 Å². The molecule has 7 nitrogen and oxygen atoms in total. The fourth-order valence-electron chi connectivity index (χ4n) is 4.15. The van der Waals surface area contributed by atoms with Crippen molar-refractivity contribution >= 4 is 11.7 Å². The number of hydrogen-bond donors (Lipinski definition) is 0. The molecule has 0 aromatic carbocycles. The number of methoxy groups -OCH3 is 1. The van der Waals surface area contributed by atoms with Crippen molar-refractivity contribution in [2.45, 2.75) is 30.8 Å². The molecule has 2 aromatic heterocycles. The van der Waals surface area contributed by atoms with Crippen molar-refractivity contribution in [1.29, 1.82) is 5.26 Å². The molecule has 4 rings (SSSR count). The zero-order valence-electron chi connectivity index (χ0n) is 16.9. The second-order valence-corrected chi connectivity index (χ2v) is 7.62. The molecule has 2 atom stereocenters. The quantitative estimate of drug-likeness (QED) is 0.685. The fraction of sp³-hybridized carbons (Fsp3) is 0.364. The van der Waals surface area contributed by atoms with Crippen LogP contribution < -0.4 is 9.64 Å². The van der Waals surface area contributed by atoms with E-state index in [1.54, 1.807) is 11.0 Å². The number of piperazine rings is 1. The van der Waals surface area contributed by atoms with E-state index in [0.717, 1.165) is 30.9 Å². The van der Waals surface area contributed by atoms with Crippen molar-refractivity contribution in [3.8, 4) is 11.8 Å². The van der Waals surface area contributed by atoms with Gasteiger partial charge in [0, 0.05) is 49.2 Å². The predicted octanol–water partition coefficient (Wildman–Crippen LogP) is 2.88. The van der Waals surface area contributed by atoms with Crippen molar-refractivity contribution in [3.05, 3.63) is 60.1 Å². The van der Waals surface area contributed by atoms with Crippen LogP contribution >= 0.6 is 0 Å². The zero-order chi connectivity index (χ0) is 22.0. The number of nitriles is 1. The molecule has 0 spiro atoms. The minimum absolute atomic E-state index is 0.0691. The Balaban J connectivity index is 1.44. The number of alkyl halides is 2. The van der Waals surface area contributed by atoms with Crippen molar-refractivity contribution in [3.63, 3.8) is 0 Å². The van der Waals surface area contributed by atoms with Crippen LogP contribution in [0.4, 0.5) is 14.6 Å². The number of aromatic nitrogens is 2. The molecule has 0 aliphatic carbocycles. The molecule has 2 fully saturated rings. The van der Waals surface area contributed by atoms with Gasteiger partial charge in [-0.05, 0) is 37.1 Å². The van der Waals surface area contributed by atoms with Crippen LogP contribution in [-0.4, -0.2) is 53.1 Å². The van der Waals surface area contributed by atoms with E-state index >= 15 is 0 Å². The Bertz CT molecular complexity index is 1020. The Morgan fingerprint density at radius 2 is 2.00 bits per heavy atom. The lowest BCUT2D eigenvalue weighted by Gasteiger charge is -2.41. The molecule has 2 unspecified atom stereocenters. The normalized spacial score (nSPS) is 20.7. The van der Waals surface area contributed by atoms with Crippen LogP contribution in [-0.2, 0) is 10.7 Å². The summed E-state index contributed by atoms with van der Waals surface area (Å²) in [5.74, 6) is -2.79. The van der Waals surface area contributed by atoms with Gasteiger partial charge in [-0.2, -0.15) is 14.0 Å². The van der Waals surface area contributed by atoms with Crippen molar-refractivity contribution in [1.82, 2.24) is 14.9 Å². The van der Waals surface area contributed by atoms with Crippen molar-refractivity contribution < 1.29 is 18.3 Å². The number of nitrogens with zero attached hydrogens (tertiary/aromatic N) is 5. The van der Waals surface area contributed by atoms with Gasteiger partial charge < -0.3 is 14.5 Å². The lowest BCUT2D eigenvalue weighted by Crippen LogP contribution is -2.55. The topological polar surface area (TPSA) is 82.4 Å². The third kappa shape index (κ3) is 4.19. The number of allylic oxidation sites excluding steroid dienone is 1. The monoisotopic (exact) mass is 425 g/mol. The van der Waals surface area contributed by atoms with Gasteiger partial charge in [-0.15, -0.1) is 0 Å². The molecule has 1 amide bonds. The molecule has 2 saturated heterocycles. The molecule has 2 bridgehead atoms. The lowest BCUT2D eigenvalue weighted by molar-refractivity contribution is -0.127. The molecule has 0 N–H and O–H groups in total. The molecule has 2 aliphatic heterocycles. The number of amides is 1. The van der Waals surface area contributed by atoms with Crippen LogP contribution in [0.25, 0.3) is 0 Å². The summed E-state index contributed by atoms with van der Waals surface area (Å²) in [6, 6.07) is 6.92. The first kappa shape index (κ1) is 20.7. The third-order valence-corrected chi connectivity index (χ3v) is 5.70. The number of carbonyl (C=O) groups is 1. The fourth-order valence-corrected chi connectivity index (χ4v) is 4.15. The summed E-state index contributed by atoms with van der Waals surface area (Å²) in [6.45, 7) is 0.876. The van der Waals surface area contributed by atoms with E-state index in [-0.39, 0.29) is 23.4 Å². The van der Waals surface area contributed by atoms with Gasteiger partial charge in [-0.25, -0.2) is 4.98 Å². The van der Waals surface area contributed by atoms with Gasteiger partial charge in [-0.1, -0.05) is 0 Å². The van der Waals surface area contributed by atoms with Gasteiger partial charge in [0.15, 0.2) is 0 Å². The average Bonchev–Trinajstić information content (AvgIpc) is 3.06. The number of halogens is 2. The Labute approximate surface area is 178 Å². The first-order chi connectivity index (χ1) is 14.9. The molecule has 31 heavy (non-hydrogen) atoms. The van der Waals surface area contributed by atoms with Crippen molar-refractivity contribution in [2.24, 2.45) is 0 Å². The molecule has 9 heteroatoms. The summed E-state index contributed by atoms with van der Waals surface area (Å²) in [7, 11) is 1.37. The maximum absolute atomic E-state index is 14.5. The van der Waals surface area contributed by atoms with Crippen LogP contribution in [0.5, 0.6) is 5.75 Å². The molecule has 0 saturated carbocycles. The maximum atomic E-state index is 14.5. The number of rotatable bonds is 5. The first-order valence-corrected chi connectivity index (χ1v) is 9.91. The number of fused-ring (bicyclic) bond motifs is 2. The Morgan fingerprint density at radius 1 is 1.26 bits per heavy atom. The van der Waals surface area contributed by atoms with Gasteiger partial charge in [0.05, 0.1) is 18.9 Å². The SMILES string of the molecule is COc1cncc(C(F)(F)/C=C/C(=O)N2CC3CCC(C2)N3c2ccc(C#N)cn2)c1. The summed E-state index contributed by atoms with van der Waals surface area (Å²) >= 11 is 0. The van der Waals surface area contributed by atoms with E-state index in [1.807, 2.05) is 12.1 Å². The number of anilines is 1. The zero-order valence-corrected chi connectivity index (χ0v) is 16.9. The average molecular weight is 425 g/mol. The lowest BCUT2D eigenvalue weighted by atomic mass is 10.1. The maximum Gasteiger partial charge on any atom is 0.293 e. The summed E-state index contributed by atoms with van der Waals surface area (Å²) in [5.41, 5.74) is 0.148. The van der Waals surface area contributed by atoms with Gasteiger partial charge in [-0.3, -0.25) is 9.78 Å². The first-order valence-electron chi connectivity index (χ1n) is 9.91. The highest BCUT2D eigenvalue weighted by molar-refractivity contribution is 5.88. The second kappa shape index (κ2) is 8.30. The number of carbonyl (C=O) groups excluding carboxylic acids is 1. The number of likely N-dealkylation sites (tertiary alicyclic amines) is 1. The van der Waals surface area contributed by atoms with E-state index in [9.17, 15) is 13.6 Å². The van der Waals surface area contributed by atoms with Crippen LogP contribution in [0, 0.1) is 11.3 Å². The Kier molecular flexibility index (Phi) is 5.55. The van der Waals surface area contributed by atoms with Crippen LogP contribution in [0.15, 0.2) is 48.9 Å². The molecule has 160 valence electrons. The van der Waals surface area contributed by atoms with E-state index < -0.39 is 11.8 Å². The summed E-state index contributed by atoms with van der Waals surface area (Å²) in [4.78, 5) is 24.5. The minimum atomic E-state index is -3.34. The molecule has 0 radical (unpaired) electrons. The van der Waals surface area contributed by atoms with Crippen LogP contribution in [0.2, 0.25) is 0 Å². The minimum Gasteiger partial charge on any atom is -0.495 e. The van der Waals surface area contributed by atoms with Gasteiger partial charge >= 0.3 is 0 Å². The Hall–Kier alpha value is -3.54. The van der Waals surface area contributed by atoms with E-state index in [2.05, 4.69) is 14.9 Å². The third-order valence-electron chi connectivity index (χ3n) is 5.70. The van der Waals surface area contributed by atoms with E-state index in [1.165, 1.54) is 25.6 Å². The second-order valence-electron chi connectivity index (χ2n) is 7.62. The number of hydrogen-bond acceptors (Lipinski definition) is 6.